The van der Waals surface area contributed by atoms with E-state index in [2.05, 4.69) is 26.6 Å². The first-order chi connectivity index (χ1) is 16.1. The zero-order valence-electron chi connectivity index (χ0n) is 19.5. The number of piperidine rings is 1. The lowest BCUT2D eigenvalue weighted by Crippen LogP contribution is -2.40. The number of carbonyl (C=O) groups is 1. The summed E-state index contributed by atoms with van der Waals surface area (Å²) in [5.41, 5.74) is 7.02. The molecular formula is C26H32N6O. The van der Waals surface area contributed by atoms with Crippen molar-refractivity contribution in [2.24, 2.45) is 0 Å². The standard InChI is InChI=1S/C26H32N6O/c1-17-8-6-12-27-25(17)29-20-14-18(2)28-23(15-20)19-9-7-13-32(16-19)26(33)24-21-10-4-3-5-11-22(21)30-31-24/h6,8,12,14-15,19H,3-5,7,9-11,13,16H2,1-2H3,(H,30,31)(H,27,28,29)/t19-/m0/s1. The van der Waals surface area contributed by atoms with Gasteiger partial charge in [-0.15, -0.1) is 0 Å². The molecule has 3 aromatic rings. The molecule has 3 aromatic heterocycles. The average Bonchev–Trinajstić information content (AvgIpc) is 3.07. The largest absolute Gasteiger partial charge is 0.340 e. The molecule has 4 heterocycles. The quantitative estimate of drug-likeness (QED) is 0.562. The van der Waals surface area contributed by atoms with Crippen LogP contribution in [0.15, 0.2) is 30.5 Å². The van der Waals surface area contributed by atoms with E-state index in [0.717, 1.165) is 78.4 Å². The highest BCUT2D eigenvalue weighted by atomic mass is 16.2. The third kappa shape index (κ3) is 4.63. The minimum atomic E-state index is 0.0641. The zero-order valence-corrected chi connectivity index (χ0v) is 19.5. The molecule has 2 N–H and O–H groups in total. The van der Waals surface area contributed by atoms with Crippen LogP contribution in [0.25, 0.3) is 0 Å². The Morgan fingerprint density at radius 3 is 2.91 bits per heavy atom. The van der Waals surface area contributed by atoms with Gasteiger partial charge < -0.3 is 10.2 Å². The van der Waals surface area contributed by atoms with Gasteiger partial charge in [-0.05, 0) is 76.1 Å². The van der Waals surface area contributed by atoms with Crippen molar-refractivity contribution in [1.82, 2.24) is 25.1 Å². The van der Waals surface area contributed by atoms with E-state index in [4.69, 9.17) is 4.98 Å². The molecule has 0 unspecified atom stereocenters. The molecule has 0 aromatic carbocycles. The van der Waals surface area contributed by atoms with Crippen LogP contribution in [0.5, 0.6) is 0 Å². The SMILES string of the molecule is Cc1cc(Nc2ncccc2C)cc([C@H]2CCCN(C(=O)c3n[nH]c4c3CCCCC4)C2)n1. The van der Waals surface area contributed by atoms with Crippen LogP contribution < -0.4 is 5.32 Å². The maximum Gasteiger partial charge on any atom is 0.274 e. The summed E-state index contributed by atoms with van der Waals surface area (Å²) in [7, 11) is 0. The normalized spacial score (nSPS) is 18.5. The Morgan fingerprint density at radius 1 is 1.15 bits per heavy atom. The van der Waals surface area contributed by atoms with Crippen LogP contribution in [-0.4, -0.2) is 44.1 Å². The molecule has 7 heteroatoms. The summed E-state index contributed by atoms with van der Waals surface area (Å²) in [4.78, 5) is 24.7. The number of rotatable bonds is 4. The van der Waals surface area contributed by atoms with Crippen LogP contribution >= 0.6 is 0 Å². The van der Waals surface area contributed by atoms with Gasteiger partial charge in [-0.2, -0.15) is 5.10 Å². The molecule has 0 saturated carbocycles. The van der Waals surface area contributed by atoms with E-state index in [-0.39, 0.29) is 11.8 Å². The van der Waals surface area contributed by atoms with Crippen molar-refractivity contribution in [2.75, 3.05) is 18.4 Å². The highest BCUT2D eigenvalue weighted by molar-refractivity contribution is 5.94. The number of H-pyrrole nitrogens is 1. The number of hydrogen-bond acceptors (Lipinski definition) is 5. The van der Waals surface area contributed by atoms with Gasteiger partial charge >= 0.3 is 0 Å². The molecule has 1 amide bonds. The number of hydrogen-bond donors (Lipinski definition) is 2. The predicted octanol–water partition coefficient (Wildman–Crippen LogP) is 4.85. The molecule has 33 heavy (non-hydrogen) atoms. The van der Waals surface area contributed by atoms with E-state index in [1.807, 2.05) is 36.9 Å². The number of amides is 1. The molecule has 5 rings (SSSR count). The van der Waals surface area contributed by atoms with Gasteiger partial charge in [0.15, 0.2) is 5.69 Å². The summed E-state index contributed by atoms with van der Waals surface area (Å²) in [5.74, 6) is 1.13. The van der Waals surface area contributed by atoms with E-state index in [1.54, 1.807) is 6.20 Å². The van der Waals surface area contributed by atoms with E-state index < -0.39 is 0 Å². The number of aryl methyl sites for hydroxylation is 3. The Kier molecular flexibility index (Phi) is 6.11. The van der Waals surface area contributed by atoms with E-state index in [0.29, 0.717) is 12.2 Å². The number of carbonyl (C=O) groups excluding carboxylic acids is 1. The number of aromatic nitrogens is 4. The highest BCUT2D eigenvalue weighted by Gasteiger charge is 2.30. The molecule has 1 aliphatic heterocycles. The second-order valence-corrected chi connectivity index (χ2v) is 9.40. The first-order valence-electron chi connectivity index (χ1n) is 12.1. The van der Waals surface area contributed by atoms with Crippen LogP contribution in [0.2, 0.25) is 0 Å². The van der Waals surface area contributed by atoms with Crippen LogP contribution in [0.4, 0.5) is 11.5 Å². The molecule has 2 aliphatic rings. The molecule has 1 aliphatic carbocycles. The molecule has 0 bridgehead atoms. The topological polar surface area (TPSA) is 86.8 Å². The molecule has 1 fully saturated rings. The van der Waals surface area contributed by atoms with Crippen molar-refractivity contribution in [3.63, 3.8) is 0 Å². The van der Waals surface area contributed by atoms with E-state index in [1.165, 1.54) is 12.8 Å². The van der Waals surface area contributed by atoms with Crippen LogP contribution in [0.1, 0.15) is 76.7 Å². The van der Waals surface area contributed by atoms with Crippen molar-refractivity contribution in [3.05, 3.63) is 64.4 Å². The second-order valence-electron chi connectivity index (χ2n) is 9.40. The number of likely N-dealkylation sites (tertiary alicyclic amines) is 1. The fraction of sp³-hybridized carbons (Fsp3) is 0.462. The van der Waals surface area contributed by atoms with Crippen LogP contribution in [-0.2, 0) is 12.8 Å². The summed E-state index contributed by atoms with van der Waals surface area (Å²) in [6.45, 7) is 5.52. The number of nitrogens with zero attached hydrogens (tertiary/aromatic N) is 4. The third-order valence-electron chi connectivity index (χ3n) is 6.88. The highest BCUT2D eigenvalue weighted by Crippen LogP contribution is 2.30. The molecule has 1 saturated heterocycles. The first kappa shape index (κ1) is 21.6. The number of anilines is 2. The smallest absolute Gasteiger partial charge is 0.274 e. The van der Waals surface area contributed by atoms with Gasteiger partial charge in [0.2, 0.25) is 0 Å². The van der Waals surface area contributed by atoms with Crippen molar-refractivity contribution >= 4 is 17.4 Å². The second kappa shape index (κ2) is 9.33. The van der Waals surface area contributed by atoms with Crippen LogP contribution in [0.3, 0.4) is 0 Å². The number of aromatic amines is 1. The maximum atomic E-state index is 13.4. The van der Waals surface area contributed by atoms with Gasteiger partial charge in [0.25, 0.3) is 5.91 Å². The summed E-state index contributed by atoms with van der Waals surface area (Å²) in [6.07, 6.45) is 9.26. The Morgan fingerprint density at radius 2 is 2.03 bits per heavy atom. The number of nitrogens with one attached hydrogen (secondary N) is 2. The lowest BCUT2D eigenvalue weighted by atomic mass is 9.93. The van der Waals surface area contributed by atoms with Gasteiger partial charge in [-0.3, -0.25) is 14.9 Å². The summed E-state index contributed by atoms with van der Waals surface area (Å²) >= 11 is 0. The van der Waals surface area contributed by atoms with E-state index >= 15 is 0 Å². The Balaban J connectivity index is 1.35. The maximum absolute atomic E-state index is 13.4. The van der Waals surface area contributed by atoms with E-state index in [9.17, 15) is 4.79 Å². The Bertz CT molecular complexity index is 1150. The van der Waals surface area contributed by atoms with Gasteiger partial charge in [-0.1, -0.05) is 12.5 Å². The number of fused-ring (bicyclic) bond motifs is 1. The summed E-state index contributed by atoms with van der Waals surface area (Å²) in [6, 6.07) is 8.14. The number of pyridine rings is 2. The Labute approximate surface area is 195 Å². The van der Waals surface area contributed by atoms with Crippen LogP contribution in [0, 0.1) is 13.8 Å². The van der Waals surface area contributed by atoms with Crippen molar-refractivity contribution in [2.45, 2.75) is 64.7 Å². The summed E-state index contributed by atoms with van der Waals surface area (Å²) in [5, 5.41) is 11.0. The monoisotopic (exact) mass is 444 g/mol. The van der Waals surface area contributed by atoms with Crippen molar-refractivity contribution in [1.29, 1.82) is 0 Å². The molecule has 1 atom stereocenters. The van der Waals surface area contributed by atoms with Gasteiger partial charge in [0.05, 0.1) is 0 Å². The van der Waals surface area contributed by atoms with Crippen molar-refractivity contribution < 1.29 is 4.79 Å². The summed E-state index contributed by atoms with van der Waals surface area (Å²) < 4.78 is 0. The Hall–Kier alpha value is -3.22. The fourth-order valence-corrected chi connectivity index (χ4v) is 5.12. The fourth-order valence-electron chi connectivity index (χ4n) is 5.12. The predicted molar refractivity (Wildman–Crippen MR) is 129 cm³/mol. The van der Waals surface area contributed by atoms with Gasteiger partial charge in [0, 0.05) is 53.5 Å². The van der Waals surface area contributed by atoms with Gasteiger partial charge in [0.1, 0.15) is 5.82 Å². The zero-order chi connectivity index (χ0) is 22.8. The van der Waals surface area contributed by atoms with Crippen molar-refractivity contribution in [3.8, 4) is 0 Å². The molecule has 0 spiro atoms. The molecular weight excluding hydrogens is 412 g/mol. The lowest BCUT2D eigenvalue weighted by molar-refractivity contribution is 0.0698. The first-order valence-corrected chi connectivity index (χ1v) is 12.1. The lowest BCUT2D eigenvalue weighted by Gasteiger charge is -2.32. The average molecular weight is 445 g/mol. The van der Waals surface area contributed by atoms with Gasteiger partial charge in [-0.25, -0.2) is 4.98 Å². The molecule has 172 valence electrons. The molecule has 0 radical (unpaired) electrons. The molecule has 7 nitrogen and oxygen atoms in total. The minimum absolute atomic E-state index is 0.0641. The third-order valence-corrected chi connectivity index (χ3v) is 6.88. The minimum Gasteiger partial charge on any atom is -0.340 e.